The van der Waals surface area contributed by atoms with Gasteiger partial charge in [0.2, 0.25) is 0 Å². The van der Waals surface area contributed by atoms with Crippen LogP contribution in [0.1, 0.15) is 22.8 Å². The first-order valence-electron chi connectivity index (χ1n) is 6.40. The van der Waals surface area contributed by atoms with E-state index in [4.69, 9.17) is 4.74 Å². The Morgan fingerprint density at radius 1 is 1.25 bits per heavy atom. The van der Waals surface area contributed by atoms with Crippen molar-refractivity contribution in [3.8, 4) is 5.75 Å². The molecule has 2 rings (SSSR count). The van der Waals surface area contributed by atoms with E-state index in [0.717, 1.165) is 15.7 Å². The van der Waals surface area contributed by atoms with Gasteiger partial charge in [0, 0.05) is 15.7 Å². The van der Waals surface area contributed by atoms with Crippen LogP contribution >= 0.6 is 15.9 Å². The van der Waals surface area contributed by atoms with E-state index in [0.29, 0.717) is 17.9 Å². The van der Waals surface area contributed by atoms with Crippen LogP contribution in [0.5, 0.6) is 5.75 Å². The van der Waals surface area contributed by atoms with Gasteiger partial charge in [-0.1, -0.05) is 28.1 Å². The number of anilines is 1. The van der Waals surface area contributed by atoms with Gasteiger partial charge in [-0.15, -0.1) is 0 Å². The molecule has 0 saturated heterocycles. The van der Waals surface area contributed by atoms with E-state index in [9.17, 15) is 4.79 Å². The zero-order valence-electron chi connectivity index (χ0n) is 11.4. The van der Waals surface area contributed by atoms with E-state index >= 15 is 0 Å². The van der Waals surface area contributed by atoms with Crippen LogP contribution in [0.25, 0.3) is 0 Å². The van der Waals surface area contributed by atoms with Gasteiger partial charge < -0.3 is 10.1 Å². The number of amides is 1. The molecule has 2 aromatic carbocycles. The van der Waals surface area contributed by atoms with Gasteiger partial charge in [0.1, 0.15) is 5.75 Å². The van der Waals surface area contributed by atoms with Crippen molar-refractivity contribution in [2.75, 3.05) is 11.9 Å². The lowest BCUT2D eigenvalue weighted by Gasteiger charge is -2.08. The van der Waals surface area contributed by atoms with Crippen molar-refractivity contribution in [2.45, 2.75) is 13.8 Å². The quantitative estimate of drug-likeness (QED) is 0.899. The van der Waals surface area contributed by atoms with Crippen LogP contribution < -0.4 is 10.1 Å². The maximum absolute atomic E-state index is 12.2. The molecule has 0 heterocycles. The third-order valence-electron chi connectivity index (χ3n) is 2.84. The minimum absolute atomic E-state index is 0.151. The van der Waals surface area contributed by atoms with E-state index in [2.05, 4.69) is 21.2 Å². The van der Waals surface area contributed by atoms with E-state index in [1.807, 2.05) is 44.2 Å². The Balaban J connectivity index is 2.15. The molecular weight excluding hydrogens is 318 g/mol. The van der Waals surface area contributed by atoms with Gasteiger partial charge >= 0.3 is 0 Å². The van der Waals surface area contributed by atoms with Crippen molar-refractivity contribution in [3.05, 3.63) is 58.1 Å². The van der Waals surface area contributed by atoms with E-state index in [-0.39, 0.29) is 5.91 Å². The number of hydrogen-bond donors (Lipinski definition) is 1. The van der Waals surface area contributed by atoms with Crippen molar-refractivity contribution >= 4 is 27.5 Å². The Labute approximate surface area is 127 Å². The molecule has 0 spiro atoms. The summed E-state index contributed by atoms with van der Waals surface area (Å²) in [6, 6.07) is 12.9. The number of benzene rings is 2. The summed E-state index contributed by atoms with van der Waals surface area (Å²) in [5.74, 6) is 0.549. The number of carbonyl (C=O) groups excluding carboxylic acids is 1. The first kappa shape index (κ1) is 14.6. The highest BCUT2D eigenvalue weighted by Gasteiger charge is 2.08. The maximum atomic E-state index is 12.2. The molecule has 0 bridgehead atoms. The number of nitrogens with one attached hydrogen (secondary N) is 1. The fraction of sp³-hybridized carbons (Fsp3) is 0.188. The molecule has 2 aromatic rings. The van der Waals surface area contributed by atoms with Gasteiger partial charge in [-0.05, 0) is 49.7 Å². The fourth-order valence-electron chi connectivity index (χ4n) is 1.77. The van der Waals surface area contributed by atoms with Crippen LogP contribution in [0, 0.1) is 6.92 Å². The first-order valence-corrected chi connectivity index (χ1v) is 7.20. The fourth-order valence-corrected chi connectivity index (χ4v) is 2.15. The minimum atomic E-state index is -0.151. The minimum Gasteiger partial charge on any atom is -0.494 e. The molecule has 1 amide bonds. The highest BCUT2D eigenvalue weighted by molar-refractivity contribution is 9.10. The highest BCUT2D eigenvalue weighted by Crippen LogP contribution is 2.21. The predicted molar refractivity (Wildman–Crippen MR) is 84.4 cm³/mol. The van der Waals surface area contributed by atoms with Gasteiger partial charge in [0.05, 0.1) is 6.61 Å². The summed E-state index contributed by atoms with van der Waals surface area (Å²) in [5.41, 5.74) is 2.46. The SMILES string of the molecule is CCOc1cccc(C(=O)Nc2ccc(C)c(Br)c2)c1. The molecule has 0 unspecified atom stereocenters. The van der Waals surface area contributed by atoms with Crippen LogP contribution in [-0.2, 0) is 0 Å². The van der Waals surface area contributed by atoms with E-state index in [1.54, 1.807) is 12.1 Å². The molecule has 0 aliphatic heterocycles. The molecule has 4 heteroatoms. The second kappa shape index (κ2) is 6.57. The van der Waals surface area contributed by atoms with Crippen molar-refractivity contribution < 1.29 is 9.53 Å². The molecular formula is C16H16BrNO2. The lowest BCUT2D eigenvalue weighted by molar-refractivity contribution is 0.102. The predicted octanol–water partition coefficient (Wildman–Crippen LogP) is 4.41. The monoisotopic (exact) mass is 333 g/mol. The first-order chi connectivity index (χ1) is 9.60. The molecule has 0 aliphatic rings. The summed E-state index contributed by atoms with van der Waals surface area (Å²) < 4.78 is 6.36. The summed E-state index contributed by atoms with van der Waals surface area (Å²) in [5, 5.41) is 2.87. The van der Waals surface area contributed by atoms with Crippen LogP contribution in [0.3, 0.4) is 0 Å². The number of ether oxygens (including phenoxy) is 1. The summed E-state index contributed by atoms with van der Waals surface area (Å²) >= 11 is 3.45. The molecule has 20 heavy (non-hydrogen) atoms. The normalized spacial score (nSPS) is 10.2. The summed E-state index contributed by atoms with van der Waals surface area (Å²) in [6.07, 6.45) is 0. The van der Waals surface area contributed by atoms with E-state index in [1.165, 1.54) is 0 Å². The number of rotatable bonds is 4. The number of halogens is 1. The smallest absolute Gasteiger partial charge is 0.255 e. The van der Waals surface area contributed by atoms with Crippen LogP contribution in [0.2, 0.25) is 0 Å². The van der Waals surface area contributed by atoms with Crippen LogP contribution in [-0.4, -0.2) is 12.5 Å². The Hall–Kier alpha value is -1.81. The zero-order valence-corrected chi connectivity index (χ0v) is 13.0. The number of carbonyl (C=O) groups is 1. The number of aryl methyl sites for hydroxylation is 1. The summed E-state index contributed by atoms with van der Waals surface area (Å²) in [4.78, 5) is 12.2. The molecule has 104 valence electrons. The van der Waals surface area contributed by atoms with Crippen molar-refractivity contribution in [2.24, 2.45) is 0 Å². The second-order valence-corrected chi connectivity index (χ2v) is 5.23. The third-order valence-corrected chi connectivity index (χ3v) is 3.69. The van der Waals surface area contributed by atoms with Crippen molar-refractivity contribution in [3.63, 3.8) is 0 Å². The molecule has 0 fully saturated rings. The average Bonchev–Trinajstić information content (AvgIpc) is 2.43. The Morgan fingerprint density at radius 3 is 2.75 bits per heavy atom. The molecule has 0 radical (unpaired) electrons. The molecule has 0 aliphatic carbocycles. The van der Waals surface area contributed by atoms with E-state index < -0.39 is 0 Å². The lowest BCUT2D eigenvalue weighted by atomic mass is 10.2. The van der Waals surface area contributed by atoms with Gasteiger partial charge in [0.15, 0.2) is 0 Å². The van der Waals surface area contributed by atoms with Crippen molar-refractivity contribution in [1.29, 1.82) is 0 Å². The lowest BCUT2D eigenvalue weighted by Crippen LogP contribution is -2.12. The molecule has 1 N–H and O–H groups in total. The summed E-state index contributed by atoms with van der Waals surface area (Å²) in [7, 11) is 0. The Morgan fingerprint density at radius 2 is 2.05 bits per heavy atom. The molecule has 3 nitrogen and oxygen atoms in total. The number of hydrogen-bond acceptors (Lipinski definition) is 2. The van der Waals surface area contributed by atoms with Crippen LogP contribution in [0.15, 0.2) is 46.9 Å². The second-order valence-electron chi connectivity index (χ2n) is 4.38. The Kier molecular flexibility index (Phi) is 4.79. The highest BCUT2D eigenvalue weighted by atomic mass is 79.9. The van der Waals surface area contributed by atoms with Gasteiger partial charge in [-0.25, -0.2) is 0 Å². The molecule has 0 aromatic heterocycles. The molecule has 0 atom stereocenters. The van der Waals surface area contributed by atoms with Gasteiger partial charge in [-0.2, -0.15) is 0 Å². The maximum Gasteiger partial charge on any atom is 0.255 e. The standard InChI is InChI=1S/C16H16BrNO2/c1-3-20-14-6-4-5-12(9-14)16(19)18-13-8-7-11(2)15(17)10-13/h4-10H,3H2,1-2H3,(H,18,19). The Bertz CT molecular complexity index is 626. The third kappa shape index (κ3) is 3.61. The zero-order chi connectivity index (χ0) is 14.5. The van der Waals surface area contributed by atoms with Gasteiger partial charge in [0.25, 0.3) is 5.91 Å². The average molecular weight is 334 g/mol. The van der Waals surface area contributed by atoms with Crippen molar-refractivity contribution in [1.82, 2.24) is 0 Å². The van der Waals surface area contributed by atoms with Crippen LogP contribution in [0.4, 0.5) is 5.69 Å². The van der Waals surface area contributed by atoms with Gasteiger partial charge in [-0.3, -0.25) is 4.79 Å². The summed E-state index contributed by atoms with van der Waals surface area (Å²) in [6.45, 7) is 4.49. The topological polar surface area (TPSA) is 38.3 Å². The molecule has 0 saturated carbocycles. The largest absolute Gasteiger partial charge is 0.494 e.